The number of carbonyl (C=O) groups is 1. The van der Waals surface area contributed by atoms with E-state index in [1.807, 2.05) is 18.2 Å². The normalized spacial score (nSPS) is 16.2. The molecule has 0 aliphatic carbocycles. The monoisotopic (exact) mass is 608 g/mol. The largest absolute Gasteiger partial charge is 0.493 e. The number of rotatable bonds is 7. The molecular weight excluding hydrogens is 579 g/mol. The predicted molar refractivity (Wildman–Crippen MR) is 166 cm³/mol. The highest BCUT2D eigenvalue weighted by Crippen LogP contribution is 2.39. The molecule has 6 rings (SSSR count). The predicted octanol–water partition coefficient (Wildman–Crippen LogP) is 6.15. The number of aryl methyl sites for hydroxylation is 1. The van der Waals surface area contributed by atoms with E-state index in [1.165, 1.54) is 18.2 Å². The number of aromatic nitrogens is 1. The maximum Gasteiger partial charge on any atom is 0.265 e. The van der Waals surface area contributed by atoms with E-state index in [0.29, 0.717) is 45.5 Å². The van der Waals surface area contributed by atoms with Crippen LogP contribution in [-0.4, -0.2) is 31.0 Å². The van der Waals surface area contributed by atoms with Crippen LogP contribution in [0.5, 0.6) is 5.75 Å². The Labute approximate surface area is 254 Å². The number of aliphatic hydroxyl groups excluding tert-OH is 1. The van der Waals surface area contributed by atoms with E-state index in [0.717, 1.165) is 11.1 Å². The molecule has 44 heavy (non-hydrogen) atoms. The molecule has 1 amide bonds. The maximum absolute atomic E-state index is 13.6. The van der Waals surface area contributed by atoms with Crippen LogP contribution in [0.2, 0.25) is 0 Å². The van der Waals surface area contributed by atoms with Gasteiger partial charge in [0.05, 0.1) is 28.8 Å². The minimum absolute atomic E-state index is 0.0412. The van der Waals surface area contributed by atoms with Gasteiger partial charge >= 0.3 is 0 Å². The number of ether oxygens (including phenoxy) is 1. The second kappa shape index (κ2) is 11.7. The topological polar surface area (TPSA) is 106 Å². The molecule has 222 valence electrons. The molecule has 2 heterocycles. The molecule has 5 aromatic rings. The first-order chi connectivity index (χ1) is 21.1. The summed E-state index contributed by atoms with van der Waals surface area (Å²) in [6.45, 7) is 6.14. The Morgan fingerprint density at radius 1 is 1.00 bits per heavy atom. The van der Waals surface area contributed by atoms with Crippen molar-refractivity contribution in [2.24, 2.45) is 5.92 Å². The Kier molecular flexibility index (Phi) is 7.75. The smallest absolute Gasteiger partial charge is 0.265 e. The zero-order chi connectivity index (χ0) is 31.0. The first-order valence-electron chi connectivity index (χ1n) is 14.0. The van der Waals surface area contributed by atoms with Crippen LogP contribution < -0.4 is 9.46 Å². The Morgan fingerprint density at radius 2 is 1.82 bits per heavy atom. The average Bonchev–Trinajstić information content (AvgIpc) is 3.01. The van der Waals surface area contributed by atoms with Gasteiger partial charge in [0.1, 0.15) is 11.6 Å². The van der Waals surface area contributed by atoms with Crippen LogP contribution in [0.15, 0.2) is 109 Å². The highest BCUT2D eigenvalue weighted by Gasteiger charge is 2.30. The van der Waals surface area contributed by atoms with Crippen molar-refractivity contribution in [3.05, 3.63) is 143 Å². The van der Waals surface area contributed by atoms with Crippen LogP contribution >= 0.6 is 0 Å². The molecule has 1 aliphatic heterocycles. The first kappa shape index (κ1) is 29.2. The average molecular weight is 609 g/mol. The third kappa shape index (κ3) is 5.84. The third-order valence-electron chi connectivity index (χ3n) is 7.83. The molecular formula is C35H29FN2O5S. The zero-order valence-corrected chi connectivity index (χ0v) is 24.6. The number of halogens is 1. The van der Waals surface area contributed by atoms with Gasteiger partial charge in [-0.1, -0.05) is 49.0 Å². The van der Waals surface area contributed by atoms with Crippen molar-refractivity contribution < 1.29 is 27.4 Å². The number of pyridine rings is 1. The summed E-state index contributed by atoms with van der Waals surface area (Å²) in [7, 11) is -4.05. The molecule has 7 nitrogen and oxygen atoms in total. The molecule has 2 N–H and O–H groups in total. The Bertz CT molecular complexity index is 2040. The number of nitrogens with one attached hydrogen (secondary N) is 1. The summed E-state index contributed by atoms with van der Waals surface area (Å²) in [6.07, 6.45) is -0.474. The van der Waals surface area contributed by atoms with E-state index in [4.69, 9.17) is 4.74 Å². The van der Waals surface area contributed by atoms with Crippen molar-refractivity contribution in [2.75, 3.05) is 6.61 Å². The van der Waals surface area contributed by atoms with Gasteiger partial charge in [-0.3, -0.25) is 4.79 Å². The van der Waals surface area contributed by atoms with Gasteiger partial charge in [-0.2, -0.15) is 0 Å². The fourth-order valence-corrected chi connectivity index (χ4v) is 6.68. The van der Waals surface area contributed by atoms with Crippen LogP contribution in [0.1, 0.15) is 44.4 Å². The van der Waals surface area contributed by atoms with E-state index in [1.54, 1.807) is 67.6 Å². The van der Waals surface area contributed by atoms with Crippen molar-refractivity contribution in [1.82, 2.24) is 9.71 Å². The van der Waals surface area contributed by atoms with E-state index >= 15 is 0 Å². The quantitative estimate of drug-likeness (QED) is 0.230. The lowest BCUT2D eigenvalue weighted by atomic mass is 9.86. The fraction of sp³-hybridized carbons (Fsp3) is 0.143. The number of fused-ring (bicyclic) bond motifs is 2. The number of hydrogen-bond donors (Lipinski definition) is 2. The lowest BCUT2D eigenvalue weighted by molar-refractivity contribution is 0.0508. The van der Waals surface area contributed by atoms with Crippen LogP contribution in [0, 0.1) is 18.7 Å². The summed E-state index contributed by atoms with van der Waals surface area (Å²) in [6, 6.07) is 26.6. The van der Waals surface area contributed by atoms with E-state index in [2.05, 4.69) is 16.3 Å². The van der Waals surface area contributed by atoms with Gasteiger partial charge in [-0.25, -0.2) is 22.5 Å². The molecule has 9 heteroatoms. The van der Waals surface area contributed by atoms with E-state index < -0.39 is 22.0 Å². The summed E-state index contributed by atoms with van der Waals surface area (Å²) >= 11 is 0. The van der Waals surface area contributed by atoms with Gasteiger partial charge in [0.15, 0.2) is 0 Å². The molecule has 0 saturated carbocycles. The first-order valence-corrected chi connectivity index (χ1v) is 15.5. The molecule has 0 fully saturated rings. The summed E-state index contributed by atoms with van der Waals surface area (Å²) in [5.41, 5.74) is 4.77. The van der Waals surface area contributed by atoms with E-state index in [-0.39, 0.29) is 28.8 Å². The van der Waals surface area contributed by atoms with Crippen molar-refractivity contribution >= 4 is 32.4 Å². The van der Waals surface area contributed by atoms with E-state index in [9.17, 15) is 22.7 Å². The number of benzene rings is 4. The Morgan fingerprint density at radius 3 is 2.64 bits per heavy atom. The number of amides is 1. The minimum atomic E-state index is -4.05. The summed E-state index contributed by atoms with van der Waals surface area (Å²) in [5, 5.41) is 12.1. The van der Waals surface area contributed by atoms with Gasteiger partial charge in [0, 0.05) is 28.0 Å². The molecule has 2 unspecified atom stereocenters. The fourth-order valence-electron chi connectivity index (χ4n) is 5.46. The highest BCUT2D eigenvalue weighted by molar-refractivity contribution is 7.90. The third-order valence-corrected chi connectivity index (χ3v) is 9.33. The molecule has 0 saturated heterocycles. The van der Waals surface area contributed by atoms with Gasteiger partial charge in [0.25, 0.3) is 15.9 Å². The number of hydrogen-bond acceptors (Lipinski definition) is 6. The van der Waals surface area contributed by atoms with Crippen LogP contribution in [0.25, 0.3) is 16.5 Å². The number of aliphatic hydroxyl groups is 1. The number of sulfonamides is 1. The molecule has 2 atom stereocenters. The Balaban J connectivity index is 1.18. The van der Waals surface area contributed by atoms with Gasteiger partial charge in [-0.05, 0) is 84.6 Å². The lowest BCUT2D eigenvalue weighted by Gasteiger charge is -2.31. The van der Waals surface area contributed by atoms with Crippen LogP contribution in [0.3, 0.4) is 0 Å². The van der Waals surface area contributed by atoms with Crippen molar-refractivity contribution in [2.45, 2.75) is 24.3 Å². The Hall–Kier alpha value is -4.86. The number of nitrogens with zero attached hydrogens (tertiary/aromatic N) is 1. The molecule has 1 aliphatic rings. The van der Waals surface area contributed by atoms with Crippen molar-refractivity contribution in [3.8, 4) is 5.75 Å². The zero-order valence-electron chi connectivity index (χ0n) is 23.8. The standard InChI is InChI=1S/C35H29FN2O5S/c1-21-6-3-4-9-33(21)44(41,42)38-35(40)26-8-5-7-23(16-26)17-27-20-43-32-15-11-24(19-29(32)34(27)39)22(2)30-13-10-25-18-28(36)12-14-31(25)37-30/h3-16,18-19,27,34,39H,2,17,20H2,1H3,(H,38,40). The summed E-state index contributed by atoms with van der Waals surface area (Å²) < 4.78 is 47.4. The number of carbonyl (C=O) groups excluding carboxylic acids is 1. The molecule has 0 radical (unpaired) electrons. The maximum atomic E-state index is 13.6. The highest BCUT2D eigenvalue weighted by atomic mass is 32.2. The molecule has 1 aromatic heterocycles. The van der Waals surface area contributed by atoms with Gasteiger partial charge in [0.2, 0.25) is 0 Å². The van der Waals surface area contributed by atoms with Gasteiger partial charge < -0.3 is 9.84 Å². The summed E-state index contributed by atoms with van der Waals surface area (Å²) in [5.74, 6) is -0.822. The van der Waals surface area contributed by atoms with Crippen molar-refractivity contribution in [3.63, 3.8) is 0 Å². The molecule has 0 bridgehead atoms. The second-order valence-electron chi connectivity index (χ2n) is 10.9. The van der Waals surface area contributed by atoms with Crippen LogP contribution in [0.4, 0.5) is 4.39 Å². The van der Waals surface area contributed by atoms with Gasteiger partial charge in [-0.15, -0.1) is 0 Å². The lowest BCUT2D eigenvalue weighted by Crippen LogP contribution is -2.31. The minimum Gasteiger partial charge on any atom is -0.493 e. The SMILES string of the molecule is C=C(c1ccc2c(c1)C(O)C(Cc1cccc(C(=O)NS(=O)(=O)c3ccccc3C)c1)CO2)c1ccc2cc(F)ccc2n1. The summed E-state index contributed by atoms with van der Waals surface area (Å²) in [4.78, 5) is 17.6. The second-order valence-corrected chi connectivity index (χ2v) is 12.5. The molecule has 0 spiro atoms. The van der Waals surface area contributed by atoms with Crippen molar-refractivity contribution in [1.29, 1.82) is 0 Å². The van der Waals surface area contributed by atoms with Crippen LogP contribution in [-0.2, 0) is 16.4 Å². The molecule has 4 aromatic carbocycles.